The zero-order valence-corrected chi connectivity index (χ0v) is 24.6. The van der Waals surface area contributed by atoms with Crippen molar-refractivity contribution in [3.8, 4) is 11.1 Å². The van der Waals surface area contributed by atoms with Gasteiger partial charge in [-0.15, -0.1) is 0 Å². The van der Waals surface area contributed by atoms with Crippen LogP contribution in [0.2, 0.25) is 10.0 Å². The lowest BCUT2D eigenvalue weighted by Crippen LogP contribution is -2.29. The van der Waals surface area contributed by atoms with Gasteiger partial charge in [-0.1, -0.05) is 48.7 Å². The van der Waals surface area contributed by atoms with E-state index >= 15 is 0 Å². The fraction of sp³-hybridized carbons (Fsp3) is 0.281. The molecule has 0 bridgehead atoms. The highest BCUT2D eigenvalue weighted by molar-refractivity contribution is 6.34. The van der Waals surface area contributed by atoms with Crippen molar-refractivity contribution < 1.29 is 0 Å². The Balaban J connectivity index is 1.39. The second-order valence-electron chi connectivity index (χ2n) is 10.7. The lowest BCUT2D eigenvalue weighted by molar-refractivity contribution is 0.453. The van der Waals surface area contributed by atoms with E-state index in [2.05, 4.69) is 45.1 Å². The van der Waals surface area contributed by atoms with Crippen molar-refractivity contribution >= 4 is 45.6 Å². The second-order valence-corrected chi connectivity index (χ2v) is 11.6. The highest BCUT2D eigenvalue weighted by Crippen LogP contribution is 2.38. The zero-order chi connectivity index (χ0) is 28.3. The zero-order valence-electron chi connectivity index (χ0n) is 23.1. The number of anilines is 1. The van der Waals surface area contributed by atoms with Crippen LogP contribution in [0.4, 0.5) is 5.95 Å². The van der Waals surface area contributed by atoms with Crippen LogP contribution in [0.15, 0.2) is 79.3 Å². The topological polar surface area (TPSA) is 72.6 Å². The summed E-state index contributed by atoms with van der Waals surface area (Å²) in [6, 6.07) is 12.2. The van der Waals surface area contributed by atoms with E-state index in [0.29, 0.717) is 35.0 Å². The minimum absolute atomic E-state index is 0.574. The molecule has 0 aliphatic heterocycles. The van der Waals surface area contributed by atoms with E-state index in [1.807, 2.05) is 50.2 Å². The molecule has 6 rings (SSSR count). The van der Waals surface area contributed by atoms with E-state index in [0.717, 1.165) is 46.9 Å². The van der Waals surface area contributed by atoms with Crippen molar-refractivity contribution in [1.29, 1.82) is 0 Å². The highest BCUT2D eigenvalue weighted by atomic mass is 35.5. The minimum Gasteiger partial charge on any atom is -0.332 e. The number of rotatable bonds is 8. The molecule has 3 heterocycles. The molecule has 0 saturated carbocycles. The van der Waals surface area contributed by atoms with Gasteiger partial charge < -0.3 is 4.90 Å². The maximum atomic E-state index is 6.39. The number of benzene rings is 2. The number of hydrogen-bond donors (Lipinski definition) is 0. The maximum Gasteiger partial charge on any atom is 0.225 e. The predicted molar refractivity (Wildman–Crippen MR) is 166 cm³/mol. The van der Waals surface area contributed by atoms with Gasteiger partial charge in [-0.05, 0) is 71.7 Å². The molecule has 2 aromatic carbocycles. The molecule has 0 spiro atoms. The molecule has 208 valence electrons. The minimum atomic E-state index is 0.574. The van der Waals surface area contributed by atoms with Crippen LogP contribution in [-0.2, 0) is 13.6 Å². The molecule has 9 heteroatoms. The first-order valence-corrected chi connectivity index (χ1v) is 14.6. The van der Waals surface area contributed by atoms with Crippen molar-refractivity contribution in [1.82, 2.24) is 29.7 Å². The van der Waals surface area contributed by atoms with Gasteiger partial charge in [0.2, 0.25) is 5.95 Å². The Morgan fingerprint density at radius 2 is 1.71 bits per heavy atom. The third kappa shape index (κ3) is 6.26. The van der Waals surface area contributed by atoms with Crippen molar-refractivity contribution in [2.45, 2.75) is 39.2 Å². The Kier molecular flexibility index (Phi) is 7.99. The van der Waals surface area contributed by atoms with Crippen LogP contribution in [0.25, 0.3) is 27.6 Å². The second kappa shape index (κ2) is 12.0. The van der Waals surface area contributed by atoms with Crippen molar-refractivity contribution in [3.05, 3.63) is 100 Å². The first-order chi connectivity index (χ1) is 19.9. The Morgan fingerprint density at radius 3 is 2.44 bits per heavy atom. The molecule has 0 N–H and O–H groups in total. The van der Waals surface area contributed by atoms with Crippen LogP contribution >= 0.6 is 23.2 Å². The number of aromatic nitrogens is 6. The van der Waals surface area contributed by atoms with E-state index in [-0.39, 0.29) is 0 Å². The van der Waals surface area contributed by atoms with Gasteiger partial charge >= 0.3 is 0 Å². The number of hydrogen-bond acceptors (Lipinski definition) is 6. The SMILES string of the molecule is CCC1CCC(c2ccc3cncnc3c2)=C(CN(Cc2cc(Cl)cc(Cl)c2)c2ncc(-c3cnn(C)c3)cn2)C1. The largest absolute Gasteiger partial charge is 0.332 e. The van der Waals surface area contributed by atoms with E-state index in [1.54, 1.807) is 17.1 Å². The van der Waals surface area contributed by atoms with Crippen LogP contribution in [0, 0.1) is 5.92 Å². The molecular formula is C32H31Cl2N7. The first kappa shape index (κ1) is 27.4. The molecule has 0 radical (unpaired) electrons. The standard InChI is InChI=1S/C32H31Cl2N7/c1-3-21-4-7-30(23-5-6-24-13-35-20-38-31(24)11-23)25(8-21)19-41(17-22-9-28(33)12-29(34)10-22)32-36-14-26(15-37-32)27-16-39-40(2)18-27/h5-6,9-16,18,20-21H,3-4,7-8,17,19H2,1-2H3. The van der Waals surface area contributed by atoms with E-state index in [1.165, 1.54) is 23.1 Å². The van der Waals surface area contributed by atoms with Gasteiger partial charge in [0.05, 0.1) is 11.7 Å². The fourth-order valence-corrected chi connectivity index (χ4v) is 6.24. The van der Waals surface area contributed by atoms with Gasteiger partial charge in [0, 0.05) is 71.5 Å². The maximum absolute atomic E-state index is 6.39. The summed E-state index contributed by atoms with van der Waals surface area (Å²) < 4.78 is 1.78. The molecule has 0 fully saturated rings. The summed E-state index contributed by atoms with van der Waals surface area (Å²) >= 11 is 12.8. The third-order valence-electron chi connectivity index (χ3n) is 7.83. The van der Waals surface area contributed by atoms with E-state index in [4.69, 9.17) is 33.2 Å². The highest BCUT2D eigenvalue weighted by Gasteiger charge is 2.24. The van der Waals surface area contributed by atoms with Gasteiger partial charge in [-0.25, -0.2) is 19.9 Å². The number of aryl methyl sites for hydroxylation is 1. The quantitative estimate of drug-likeness (QED) is 0.185. The Bertz CT molecular complexity index is 1690. The van der Waals surface area contributed by atoms with Crippen molar-refractivity contribution in [2.75, 3.05) is 11.4 Å². The van der Waals surface area contributed by atoms with Gasteiger partial charge in [-0.3, -0.25) is 4.68 Å². The van der Waals surface area contributed by atoms with Gasteiger partial charge in [0.1, 0.15) is 6.33 Å². The number of fused-ring (bicyclic) bond motifs is 1. The molecule has 5 aromatic rings. The lowest BCUT2D eigenvalue weighted by Gasteiger charge is -2.31. The Labute approximate surface area is 249 Å². The summed E-state index contributed by atoms with van der Waals surface area (Å²) in [4.78, 5) is 20.6. The monoisotopic (exact) mass is 583 g/mol. The molecule has 1 unspecified atom stereocenters. The molecule has 7 nitrogen and oxygen atoms in total. The molecule has 1 aliphatic carbocycles. The van der Waals surface area contributed by atoms with Crippen LogP contribution in [-0.4, -0.2) is 36.3 Å². The van der Waals surface area contributed by atoms with Crippen molar-refractivity contribution in [3.63, 3.8) is 0 Å². The summed E-state index contributed by atoms with van der Waals surface area (Å²) in [5, 5.41) is 6.55. The molecular weight excluding hydrogens is 553 g/mol. The average molecular weight is 585 g/mol. The van der Waals surface area contributed by atoms with Crippen LogP contribution in [0.1, 0.15) is 43.7 Å². The summed E-state index contributed by atoms with van der Waals surface area (Å²) in [6.07, 6.45) is 15.4. The molecule has 1 atom stereocenters. The summed E-state index contributed by atoms with van der Waals surface area (Å²) in [6.45, 7) is 3.56. The van der Waals surface area contributed by atoms with Crippen LogP contribution in [0.5, 0.6) is 0 Å². The summed E-state index contributed by atoms with van der Waals surface area (Å²) in [5.41, 5.74) is 7.89. The fourth-order valence-electron chi connectivity index (χ4n) is 5.67. The van der Waals surface area contributed by atoms with E-state index < -0.39 is 0 Å². The van der Waals surface area contributed by atoms with E-state index in [9.17, 15) is 0 Å². The van der Waals surface area contributed by atoms with Crippen molar-refractivity contribution in [2.24, 2.45) is 13.0 Å². The van der Waals surface area contributed by atoms with Crippen LogP contribution in [0.3, 0.4) is 0 Å². The number of allylic oxidation sites excluding steroid dienone is 1. The smallest absolute Gasteiger partial charge is 0.225 e. The summed E-state index contributed by atoms with van der Waals surface area (Å²) in [5.74, 6) is 1.30. The molecule has 0 amide bonds. The molecule has 41 heavy (non-hydrogen) atoms. The third-order valence-corrected chi connectivity index (χ3v) is 8.27. The molecule has 0 saturated heterocycles. The Morgan fingerprint density at radius 1 is 0.902 bits per heavy atom. The van der Waals surface area contributed by atoms with Gasteiger partial charge in [0.15, 0.2) is 0 Å². The van der Waals surface area contributed by atoms with Gasteiger partial charge in [-0.2, -0.15) is 5.10 Å². The number of nitrogens with zero attached hydrogens (tertiary/aromatic N) is 7. The lowest BCUT2D eigenvalue weighted by atomic mass is 9.79. The predicted octanol–water partition coefficient (Wildman–Crippen LogP) is 7.80. The van der Waals surface area contributed by atoms with Crippen LogP contribution < -0.4 is 4.90 Å². The normalized spacial score (nSPS) is 15.5. The van der Waals surface area contributed by atoms with Gasteiger partial charge in [0.25, 0.3) is 0 Å². The summed E-state index contributed by atoms with van der Waals surface area (Å²) in [7, 11) is 1.90. The molecule has 3 aromatic heterocycles. The molecule has 1 aliphatic rings. The average Bonchev–Trinajstić information content (AvgIpc) is 3.42. The first-order valence-electron chi connectivity index (χ1n) is 13.9. The number of halogens is 2. The Hall–Kier alpha value is -3.81.